The Labute approximate surface area is 182 Å². The van der Waals surface area contributed by atoms with Crippen LogP contribution < -0.4 is 4.90 Å². The molecule has 1 aromatic carbocycles. The molecule has 2 aromatic heterocycles. The molecule has 2 aliphatic heterocycles. The maximum absolute atomic E-state index is 4.84. The van der Waals surface area contributed by atoms with Gasteiger partial charge in [-0.15, -0.1) is 0 Å². The van der Waals surface area contributed by atoms with Gasteiger partial charge in [0.1, 0.15) is 11.8 Å². The number of fused-ring (bicyclic) bond motifs is 1. The summed E-state index contributed by atoms with van der Waals surface area (Å²) in [5.74, 6) is 0.449. The van der Waals surface area contributed by atoms with Crippen LogP contribution in [-0.4, -0.2) is 70.5 Å². The zero-order chi connectivity index (χ0) is 20.3. The number of nitrogens with zero attached hydrogens (tertiary/aromatic N) is 6. The van der Waals surface area contributed by atoms with Crippen molar-refractivity contribution in [3.63, 3.8) is 0 Å². The molecule has 0 bridgehead atoms. The summed E-state index contributed by atoms with van der Waals surface area (Å²) in [6, 6.07) is 12.8. The molecule has 0 saturated carbocycles. The molecule has 0 amide bonds. The van der Waals surface area contributed by atoms with Crippen molar-refractivity contribution in [1.29, 1.82) is 0 Å². The average molecular weight is 421 g/mol. The molecule has 6 nitrogen and oxygen atoms in total. The van der Waals surface area contributed by atoms with Crippen molar-refractivity contribution in [2.75, 3.05) is 51.2 Å². The van der Waals surface area contributed by atoms with Crippen LogP contribution in [0.15, 0.2) is 53.8 Å². The molecule has 0 unspecified atom stereocenters. The predicted molar refractivity (Wildman–Crippen MR) is 123 cm³/mol. The van der Waals surface area contributed by atoms with Crippen molar-refractivity contribution in [2.45, 2.75) is 23.7 Å². The molecular weight excluding hydrogens is 392 g/mol. The van der Waals surface area contributed by atoms with Crippen LogP contribution in [0.3, 0.4) is 0 Å². The van der Waals surface area contributed by atoms with E-state index in [4.69, 9.17) is 4.98 Å². The van der Waals surface area contributed by atoms with Gasteiger partial charge in [0.2, 0.25) is 0 Å². The first-order valence-corrected chi connectivity index (χ1v) is 11.6. The maximum Gasteiger partial charge on any atom is 0.116 e. The Kier molecular flexibility index (Phi) is 5.84. The third-order valence-electron chi connectivity index (χ3n) is 6.18. The second-order valence-corrected chi connectivity index (χ2v) is 9.39. The summed E-state index contributed by atoms with van der Waals surface area (Å²) in [4.78, 5) is 20.1. The van der Waals surface area contributed by atoms with Crippen molar-refractivity contribution in [3.8, 4) is 0 Å². The van der Waals surface area contributed by atoms with Crippen molar-refractivity contribution < 1.29 is 0 Å². The minimum absolute atomic E-state index is 0.449. The predicted octanol–water partition coefficient (Wildman–Crippen LogP) is 3.66. The van der Waals surface area contributed by atoms with Gasteiger partial charge in [-0.25, -0.2) is 14.3 Å². The molecular formula is C23H28N6S. The number of anilines is 1. The van der Waals surface area contributed by atoms with Crippen molar-refractivity contribution in [1.82, 2.24) is 24.2 Å². The Balaban J connectivity index is 1.29. The van der Waals surface area contributed by atoms with Crippen LogP contribution in [0.1, 0.15) is 24.5 Å². The van der Waals surface area contributed by atoms with Crippen LogP contribution in [-0.2, 0) is 0 Å². The van der Waals surface area contributed by atoms with E-state index in [2.05, 4.69) is 67.5 Å². The van der Waals surface area contributed by atoms with E-state index in [0.717, 1.165) is 68.8 Å². The zero-order valence-corrected chi connectivity index (χ0v) is 18.3. The summed E-state index contributed by atoms with van der Waals surface area (Å²) in [5, 5.41) is 0. The van der Waals surface area contributed by atoms with E-state index >= 15 is 0 Å². The third kappa shape index (κ3) is 4.29. The summed E-state index contributed by atoms with van der Waals surface area (Å²) in [5.41, 5.74) is 4.24. The number of benzene rings is 1. The molecule has 156 valence electrons. The van der Waals surface area contributed by atoms with E-state index in [1.165, 1.54) is 10.6 Å². The molecule has 3 aromatic rings. The van der Waals surface area contributed by atoms with Crippen LogP contribution >= 0.6 is 11.9 Å². The highest BCUT2D eigenvalue weighted by atomic mass is 32.2. The molecule has 2 saturated heterocycles. The molecule has 0 atom stereocenters. The quantitative estimate of drug-likeness (QED) is 0.597. The SMILES string of the molecule is CN1CCN(c2cnc3c(C4CCN(Sc5ccccc5)CC4)ncnc3c2)CC1. The third-order valence-corrected chi connectivity index (χ3v) is 7.28. The Bertz CT molecular complexity index is 981. The lowest BCUT2D eigenvalue weighted by molar-refractivity contribution is 0.313. The van der Waals surface area contributed by atoms with E-state index in [1.807, 2.05) is 18.1 Å². The normalized spacial score (nSPS) is 19.4. The van der Waals surface area contributed by atoms with Crippen molar-refractivity contribution in [3.05, 3.63) is 54.6 Å². The number of hydrogen-bond acceptors (Lipinski definition) is 7. The van der Waals surface area contributed by atoms with Gasteiger partial charge in [0.15, 0.2) is 0 Å². The number of rotatable bonds is 4. The summed E-state index contributed by atoms with van der Waals surface area (Å²) in [6.07, 6.45) is 5.95. The maximum atomic E-state index is 4.84. The standard InChI is InChI=1S/C23H28N6S/c1-27-11-13-28(14-12-27)19-15-21-23(24-16-19)22(26-17-25-21)18-7-9-29(10-8-18)30-20-5-3-2-4-6-20/h2-6,15-18H,7-14H2,1H3. The van der Waals surface area contributed by atoms with E-state index in [0.29, 0.717) is 5.92 Å². The van der Waals surface area contributed by atoms with Crippen LogP contribution in [0.4, 0.5) is 5.69 Å². The van der Waals surface area contributed by atoms with Gasteiger partial charge in [-0.3, -0.25) is 4.98 Å². The van der Waals surface area contributed by atoms with Gasteiger partial charge in [-0.2, -0.15) is 0 Å². The largest absolute Gasteiger partial charge is 0.368 e. The number of piperidine rings is 1. The van der Waals surface area contributed by atoms with E-state index < -0.39 is 0 Å². The molecule has 0 N–H and O–H groups in total. The highest BCUT2D eigenvalue weighted by molar-refractivity contribution is 7.97. The number of likely N-dealkylation sites (N-methyl/N-ethyl adjacent to an activating group) is 1. The topological polar surface area (TPSA) is 48.4 Å². The second-order valence-electron chi connectivity index (χ2n) is 8.22. The molecule has 0 radical (unpaired) electrons. The fourth-order valence-corrected chi connectivity index (χ4v) is 5.31. The van der Waals surface area contributed by atoms with Gasteiger partial charge < -0.3 is 9.80 Å². The smallest absolute Gasteiger partial charge is 0.116 e. The number of hydrogen-bond donors (Lipinski definition) is 0. The van der Waals surface area contributed by atoms with Crippen LogP contribution in [0.25, 0.3) is 11.0 Å². The summed E-state index contributed by atoms with van der Waals surface area (Å²) in [7, 11) is 2.18. The van der Waals surface area contributed by atoms with Gasteiger partial charge >= 0.3 is 0 Å². The Hall–Kier alpha value is -2.22. The fourth-order valence-electron chi connectivity index (χ4n) is 4.34. The molecule has 2 fully saturated rings. The molecule has 30 heavy (non-hydrogen) atoms. The number of aromatic nitrogens is 3. The lowest BCUT2D eigenvalue weighted by Gasteiger charge is -2.34. The van der Waals surface area contributed by atoms with E-state index in [9.17, 15) is 0 Å². The highest BCUT2D eigenvalue weighted by Gasteiger charge is 2.25. The molecule has 2 aliphatic rings. The monoisotopic (exact) mass is 420 g/mol. The van der Waals surface area contributed by atoms with Gasteiger partial charge in [0, 0.05) is 50.1 Å². The first-order valence-electron chi connectivity index (χ1n) is 10.8. The lowest BCUT2D eigenvalue weighted by atomic mass is 9.93. The first kappa shape index (κ1) is 19.7. The van der Waals surface area contributed by atoms with E-state index in [1.54, 1.807) is 6.33 Å². The van der Waals surface area contributed by atoms with Crippen LogP contribution in [0, 0.1) is 0 Å². The first-order chi connectivity index (χ1) is 14.8. The molecule has 5 rings (SSSR count). The summed E-state index contributed by atoms with van der Waals surface area (Å²) >= 11 is 1.86. The van der Waals surface area contributed by atoms with Crippen LogP contribution in [0.5, 0.6) is 0 Å². The summed E-state index contributed by atoms with van der Waals surface area (Å²) in [6.45, 7) is 6.39. The van der Waals surface area contributed by atoms with Crippen LogP contribution in [0.2, 0.25) is 0 Å². The average Bonchev–Trinajstić information content (AvgIpc) is 2.80. The van der Waals surface area contributed by atoms with Gasteiger partial charge in [-0.1, -0.05) is 18.2 Å². The highest BCUT2D eigenvalue weighted by Crippen LogP contribution is 2.34. The van der Waals surface area contributed by atoms with Crippen molar-refractivity contribution in [2.24, 2.45) is 0 Å². The molecule has 0 spiro atoms. The van der Waals surface area contributed by atoms with Gasteiger partial charge in [0.25, 0.3) is 0 Å². The number of pyridine rings is 1. The van der Waals surface area contributed by atoms with Crippen molar-refractivity contribution >= 4 is 28.7 Å². The Morgan fingerprint density at radius 2 is 1.67 bits per heavy atom. The lowest BCUT2D eigenvalue weighted by Crippen LogP contribution is -2.44. The minimum atomic E-state index is 0.449. The number of piperazine rings is 1. The fraction of sp³-hybridized carbons (Fsp3) is 0.435. The molecule has 4 heterocycles. The van der Waals surface area contributed by atoms with Gasteiger partial charge in [-0.05, 0) is 50.0 Å². The Morgan fingerprint density at radius 3 is 2.43 bits per heavy atom. The van der Waals surface area contributed by atoms with Gasteiger partial charge in [0.05, 0.1) is 23.1 Å². The second kappa shape index (κ2) is 8.88. The zero-order valence-electron chi connectivity index (χ0n) is 17.4. The molecule has 7 heteroatoms. The summed E-state index contributed by atoms with van der Waals surface area (Å²) < 4.78 is 2.47. The van der Waals surface area contributed by atoms with E-state index in [-0.39, 0.29) is 0 Å². The minimum Gasteiger partial charge on any atom is -0.368 e. The Morgan fingerprint density at radius 1 is 0.900 bits per heavy atom. The molecule has 0 aliphatic carbocycles.